The highest BCUT2D eigenvalue weighted by molar-refractivity contribution is 6.18. The number of anilines is 2. The zero-order valence-electron chi connectivity index (χ0n) is 15.7. The molecule has 0 saturated carbocycles. The highest BCUT2D eigenvalue weighted by Gasteiger charge is 2.31. The zero-order chi connectivity index (χ0) is 20.3. The van der Waals surface area contributed by atoms with E-state index in [1.165, 1.54) is 6.08 Å². The summed E-state index contributed by atoms with van der Waals surface area (Å²) in [6, 6.07) is 12.6. The molecule has 3 N–H and O–H groups in total. The zero-order valence-corrected chi connectivity index (χ0v) is 15.7. The summed E-state index contributed by atoms with van der Waals surface area (Å²) in [5.41, 5.74) is 3.40. The molecule has 0 unspecified atom stereocenters. The van der Waals surface area contributed by atoms with Gasteiger partial charge in [0.05, 0.1) is 24.5 Å². The highest BCUT2D eigenvalue weighted by Crippen LogP contribution is 2.27. The lowest BCUT2D eigenvalue weighted by atomic mass is 10.1. The summed E-state index contributed by atoms with van der Waals surface area (Å²) in [6.07, 6.45) is 1.19. The van der Waals surface area contributed by atoms with Crippen molar-refractivity contribution >= 4 is 29.1 Å². The van der Waals surface area contributed by atoms with Gasteiger partial charge in [-0.2, -0.15) is 0 Å². The molecule has 3 amide bonds. The largest absolute Gasteiger partial charge is 0.395 e. The number of rotatable bonds is 6. The van der Waals surface area contributed by atoms with E-state index in [1.54, 1.807) is 24.3 Å². The van der Waals surface area contributed by atoms with Gasteiger partial charge in [0, 0.05) is 11.6 Å². The minimum absolute atomic E-state index is 0.0654. The van der Waals surface area contributed by atoms with Crippen LogP contribution < -0.4 is 10.6 Å². The lowest BCUT2D eigenvalue weighted by Crippen LogP contribution is -2.34. The predicted molar refractivity (Wildman–Crippen MR) is 106 cm³/mol. The fourth-order valence-electron chi connectivity index (χ4n) is 2.94. The van der Waals surface area contributed by atoms with Crippen molar-refractivity contribution in [1.82, 2.24) is 4.90 Å². The molecule has 7 heteroatoms. The van der Waals surface area contributed by atoms with Crippen LogP contribution in [0.4, 0.5) is 11.4 Å². The maximum atomic E-state index is 12.7. The van der Waals surface area contributed by atoms with Crippen molar-refractivity contribution in [2.45, 2.75) is 13.8 Å². The summed E-state index contributed by atoms with van der Waals surface area (Å²) in [4.78, 5) is 37.9. The van der Waals surface area contributed by atoms with Gasteiger partial charge in [-0.3, -0.25) is 19.3 Å². The van der Waals surface area contributed by atoms with E-state index in [9.17, 15) is 14.4 Å². The summed E-state index contributed by atoms with van der Waals surface area (Å²) in [5, 5.41) is 14.8. The molecule has 1 aliphatic rings. The van der Waals surface area contributed by atoms with Gasteiger partial charge in [-0.1, -0.05) is 24.3 Å². The van der Waals surface area contributed by atoms with Crippen LogP contribution in [0.15, 0.2) is 54.2 Å². The number of amides is 3. The van der Waals surface area contributed by atoms with E-state index in [2.05, 4.69) is 10.6 Å². The van der Waals surface area contributed by atoms with Gasteiger partial charge in [-0.25, -0.2) is 0 Å². The van der Waals surface area contributed by atoms with E-state index in [1.807, 2.05) is 32.0 Å². The van der Waals surface area contributed by atoms with Crippen LogP contribution in [-0.4, -0.2) is 40.9 Å². The smallest absolute Gasteiger partial charge is 0.277 e. The van der Waals surface area contributed by atoms with Crippen molar-refractivity contribution in [1.29, 1.82) is 0 Å². The van der Waals surface area contributed by atoms with Crippen molar-refractivity contribution < 1.29 is 19.5 Å². The number of carbonyl (C=O) groups is 3. The summed E-state index contributed by atoms with van der Waals surface area (Å²) in [6.45, 7) is 3.36. The van der Waals surface area contributed by atoms with Crippen molar-refractivity contribution in [3.05, 3.63) is 70.9 Å². The summed E-state index contributed by atoms with van der Waals surface area (Å²) < 4.78 is 0. The number of aryl methyl sites for hydroxylation is 2. The third-order valence-corrected chi connectivity index (χ3v) is 4.42. The molecule has 144 valence electrons. The Labute approximate surface area is 162 Å². The van der Waals surface area contributed by atoms with E-state index in [0.717, 1.165) is 16.0 Å². The topological polar surface area (TPSA) is 98.7 Å². The second kappa shape index (κ2) is 8.06. The van der Waals surface area contributed by atoms with E-state index in [4.69, 9.17) is 5.11 Å². The van der Waals surface area contributed by atoms with Gasteiger partial charge in [0.1, 0.15) is 5.70 Å². The van der Waals surface area contributed by atoms with Crippen LogP contribution in [0.3, 0.4) is 0 Å². The maximum absolute atomic E-state index is 12.7. The van der Waals surface area contributed by atoms with Crippen LogP contribution >= 0.6 is 0 Å². The molecule has 0 saturated heterocycles. The molecule has 2 aromatic rings. The van der Waals surface area contributed by atoms with Crippen LogP contribution in [-0.2, 0) is 9.59 Å². The fraction of sp³-hybridized carbons (Fsp3) is 0.190. The summed E-state index contributed by atoms with van der Waals surface area (Å²) >= 11 is 0. The molecular formula is C21H21N3O4. The average Bonchev–Trinajstić information content (AvgIpc) is 2.92. The average molecular weight is 379 g/mol. The minimum Gasteiger partial charge on any atom is -0.395 e. The van der Waals surface area contributed by atoms with E-state index in [0.29, 0.717) is 16.9 Å². The molecule has 0 fully saturated rings. The second-order valence-corrected chi connectivity index (χ2v) is 6.52. The minimum atomic E-state index is -0.517. The first-order chi connectivity index (χ1) is 13.4. The van der Waals surface area contributed by atoms with E-state index >= 15 is 0 Å². The number of carbonyl (C=O) groups excluding carboxylic acids is 3. The molecule has 0 aliphatic carbocycles. The number of hydrogen-bond donors (Lipinski definition) is 3. The maximum Gasteiger partial charge on any atom is 0.277 e. The third-order valence-electron chi connectivity index (χ3n) is 4.42. The molecule has 0 spiro atoms. The van der Waals surface area contributed by atoms with Gasteiger partial charge in [0.15, 0.2) is 0 Å². The Morgan fingerprint density at radius 1 is 1.07 bits per heavy atom. The molecule has 7 nitrogen and oxygen atoms in total. The Bertz CT molecular complexity index is 981. The normalized spacial score (nSPS) is 13.5. The van der Waals surface area contributed by atoms with Gasteiger partial charge in [-0.15, -0.1) is 0 Å². The molecule has 28 heavy (non-hydrogen) atoms. The van der Waals surface area contributed by atoms with Crippen LogP contribution in [0.1, 0.15) is 21.5 Å². The molecule has 3 rings (SSSR count). The van der Waals surface area contributed by atoms with Crippen LogP contribution in [0.5, 0.6) is 0 Å². The van der Waals surface area contributed by atoms with E-state index in [-0.39, 0.29) is 24.8 Å². The van der Waals surface area contributed by atoms with Gasteiger partial charge >= 0.3 is 0 Å². The number of aliphatic hydroxyl groups excluding tert-OH is 1. The van der Waals surface area contributed by atoms with Crippen LogP contribution in [0, 0.1) is 13.8 Å². The van der Waals surface area contributed by atoms with E-state index < -0.39 is 11.8 Å². The van der Waals surface area contributed by atoms with Crippen LogP contribution in [0.25, 0.3) is 0 Å². The van der Waals surface area contributed by atoms with Crippen molar-refractivity contribution in [2.75, 3.05) is 23.8 Å². The molecule has 2 aromatic carbocycles. The van der Waals surface area contributed by atoms with Crippen LogP contribution in [0.2, 0.25) is 0 Å². The Hall–Kier alpha value is -3.45. The Morgan fingerprint density at radius 3 is 2.54 bits per heavy atom. The van der Waals surface area contributed by atoms with Crippen molar-refractivity contribution in [3.63, 3.8) is 0 Å². The standard InChI is InChI=1S/C21H21N3O4/c1-13-7-8-16(23-20(27)15-6-4-3-5-14(15)2)17(11-13)22-18-12-19(26)24(9-10-25)21(18)28/h3-8,11-12,22,25H,9-10H2,1-2H3,(H,23,27). The fourth-order valence-corrected chi connectivity index (χ4v) is 2.94. The number of benzene rings is 2. The second-order valence-electron chi connectivity index (χ2n) is 6.52. The van der Waals surface area contributed by atoms with Gasteiger partial charge in [0.25, 0.3) is 17.7 Å². The lowest BCUT2D eigenvalue weighted by Gasteiger charge is -2.16. The van der Waals surface area contributed by atoms with Gasteiger partial charge < -0.3 is 15.7 Å². The molecule has 1 aliphatic heterocycles. The predicted octanol–water partition coefficient (Wildman–Crippen LogP) is 2.21. The number of aliphatic hydroxyl groups is 1. The SMILES string of the molecule is Cc1ccc(NC(=O)c2ccccc2C)c(NC2=CC(=O)N(CCO)C2=O)c1. The molecule has 0 radical (unpaired) electrons. The molecule has 0 aromatic heterocycles. The monoisotopic (exact) mass is 379 g/mol. The van der Waals surface area contributed by atoms with Crippen molar-refractivity contribution in [2.24, 2.45) is 0 Å². The molecule has 0 bridgehead atoms. The molecule has 0 atom stereocenters. The first-order valence-electron chi connectivity index (χ1n) is 8.83. The molecule has 1 heterocycles. The van der Waals surface area contributed by atoms with Crippen molar-refractivity contribution in [3.8, 4) is 0 Å². The Morgan fingerprint density at radius 2 is 1.82 bits per heavy atom. The number of imide groups is 1. The number of nitrogens with zero attached hydrogens (tertiary/aromatic N) is 1. The number of nitrogens with one attached hydrogen (secondary N) is 2. The Balaban J connectivity index is 1.85. The molecular weight excluding hydrogens is 358 g/mol. The van der Waals surface area contributed by atoms with Gasteiger partial charge in [-0.05, 0) is 43.2 Å². The van der Waals surface area contributed by atoms with Gasteiger partial charge in [0.2, 0.25) is 0 Å². The number of hydrogen-bond acceptors (Lipinski definition) is 5. The quantitative estimate of drug-likeness (QED) is 0.669. The first kappa shape index (κ1) is 19.3. The summed E-state index contributed by atoms with van der Waals surface area (Å²) in [5.74, 6) is -1.27. The third kappa shape index (κ3) is 3.94. The number of β-amino-alcohol motifs (C(OH)–C–C–N with tert-alkyl or cyclic N) is 1. The Kier molecular flexibility index (Phi) is 5.56. The first-order valence-corrected chi connectivity index (χ1v) is 8.83. The summed E-state index contributed by atoms with van der Waals surface area (Å²) in [7, 11) is 0. The lowest BCUT2D eigenvalue weighted by molar-refractivity contribution is -0.137. The highest BCUT2D eigenvalue weighted by atomic mass is 16.3.